The first-order chi connectivity index (χ1) is 9.70. The number of benzene rings is 1. The Labute approximate surface area is 125 Å². The highest BCUT2D eigenvalue weighted by Gasteiger charge is 2.24. The molecule has 1 saturated carbocycles. The van der Waals surface area contributed by atoms with E-state index < -0.39 is 0 Å². The number of piperidine rings is 1. The van der Waals surface area contributed by atoms with Gasteiger partial charge in [-0.2, -0.15) is 0 Å². The van der Waals surface area contributed by atoms with Gasteiger partial charge >= 0.3 is 0 Å². The third kappa shape index (κ3) is 3.94. The second kappa shape index (κ2) is 6.42. The summed E-state index contributed by atoms with van der Waals surface area (Å²) in [4.78, 5) is 2.35. The topological polar surface area (TPSA) is 15.3 Å². The lowest BCUT2D eigenvalue weighted by Gasteiger charge is -2.32. The zero-order valence-electron chi connectivity index (χ0n) is 11.7. The molecule has 4 heteroatoms. The zero-order valence-corrected chi connectivity index (χ0v) is 12.5. The Morgan fingerprint density at radius 1 is 1.20 bits per heavy atom. The van der Waals surface area contributed by atoms with Gasteiger partial charge in [-0.3, -0.25) is 4.90 Å². The van der Waals surface area contributed by atoms with E-state index >= 15 is 0 Å². The van der Waals surface area contributed by atoms with Crippen LogP contribution in [0, 0.1) is 11.7 Å². The van der Waals surface area contributed by atoms with Crippen molar-refractivity contribution in [2.75, 3.05) is 19.6 Å². The van der Waals surface area contributed by atoms with Crippen LogP contribution in [-0.2, 0) is 6.54 Å². The standard InChI is InChI=1S/C16H22ClFN2/c17-14-2-1-13(16(18)9-14)11-20-7-5-12(6-8-20)10-19-15-3-4-15/h1-2,9,12,15,19H,3-8,10-11H2. The molecule has 1 saturated heterocycles. The Hall–Kier alpha value is -0.640. The summed E-state index contributed by atoms with van der Waals surface area (Å²) in [6, 6.07) is 5.78. The van der Waals surface area contributed by atoms with Crippen molar-refractivity contribution in [1.29, 1.82) is 0 Å². The number of hydrogen-bond donors (Lipinski definition) is 1. The van der Waals surface area contributed by atoms with Crippen molar-refractivity contribution in [3.8, 4) is 0 Å². The van der Waals surface area contributed by atoms with Crippen LogP contribution in [0.3, 0.4) is 0 Å². The molecule has 0 atom stereocenters. The number of halogens is 2. The van der Waals surface area contributed by atoms with Gasteiger partial charge in [-0.1, -0.05) is 17.7 Å². The molecule has 0 amide bonds. The number of hydrogen-bond acceptors (Lipinski definition) is 2. The van der Waals surface area contributed by atoms with Gasteiger partial charge in [-0.15, -0.1) is 0 Å². The quantitative estimate of drug-likeness (QED) is 0.895. The van der Waals surface area contributed by atoms with Gasteiger partial charge in [0, 0.05) is 23.2 Å². The van der Waals surface area contributed by atoms with Crippen LogP contribution in [0.4, 0.5) is 4.39 Å². The summed E-state index contributed by atoms with van der Waals surface area (Å²) >= 11 is 5.78. The van der Waals surface area contributed by atoms with Gasteiger partial charge in [0.05, 0.1) is 0 Å². The van der Waals surface area contributed by atoms with E-state index in [2.05, 4.69) is 10.2 Å². The van der Waals surface area contributed by atoms with Gasteiger partial charge in [0.15, 0.2) is 0 Å². The summed E-state index contributed by atoms with van der Waals surface area (Å²) in [5.41, 5.74) is 0.754. The fourth-order valence-electron chi connectivity index (χ4n) is 2.86. The molecule has 1 N–H and O–H groups in total. The molecule has 2 aliphatic rings. The Kier molecular flexibility index (Phi) is 4.59. The molecule has 0 bridgehead atoms. The van der Waals surface area contributed by atoms with Crippen molar-refractivity contribution >= 4 is 11.6 Å². The number of nitrogens with zero attached hydrogens (tertiary/aromatic N) is 1. The number of likely N-dealkylation sites (tertiary alicyclic amines) is 1. The highest BCUT2D eigenvalue weighted by molar-refractivity contribution is 6.30. The van der Waals surface area contributed by atoms with Gasteiger partial charge in [0.2, 0.25) is 0 Å². The summed E-state index contributed by atoms with van der Waals surface area (Å²) < 4.78 is 13.8. The Morgan fingerprint density at radius 3 is 2.60 bits per heavy atom. The van der Waals surface area contributed by atoms with Crippen LogP contribution < -0.4 is 5.32 Å². The van der Waals surface area contributed by atoms with Crippen molar-refractivity contribution in [3.05, 3.63) is 34.6 Å². The highest BCUT2D eigenvalue weighted by atomic mass is 35.5. The van der Waals surface area contributed by atoms with E-state index in [-0.39, 0.29) is 5.82 Å². The van der Waals surface area contributed by atoms with Crippen molar-refractivity contribution in [2.45, 2.75) is 38.3 Å². The fraction of sp³-hybridized carbons (Fsp3) is 0.625. The van der Waals surface area contributed by atoms with E-state index in [1.165, 1.54) is 31.7 Å². The summed E-state index contributed by atoms with van der Waals surface area (Å²) in [6.07, 6.45) is 5.15. The summed E-state index contributed by atoms with van der Waals surface area (Å²) in [5, 5.41) is 4.08. The molecule has 1 heterocycles. The molecule has 0 radical (unpaired) electrons. The third-order valence-corrected chi connectivity index (χ3v) is 4.62. The molecule has 1 aromatic rings. The zero-order chi connectivity index (χ0) is 13.9. The minimum absolute atomic E-state index is 0.185. The fourth-order valence-corrected chi connectivity index (χ4v) is 3.02. The van der Waals surface area contributed by atoms with E-state index in [4.69, 9.17) is 11.6 Å². The predicted molar refractivity (Wildman–Crippen MR) is 80.4 cm³/mol. The first kappa shape index (κ1) is 14.3. The van der Waals surface area contributed by atoms with Crippen molar-refractivity contribution in [2.24, 2.45) is 5.92 Å². The van der Waals surface area contributed by atoms with E-state index in [0.717, 1.165) is 37.2 Å². The largest absolute Gasteiger partial charge is 0.314 e. The third-order valence-electron chi connectivity index (χ3n) is 4.39. The minimum Gasteiger partial charge on any atom is -0.314 e. The number of rotatable bonds is 5. The average molecular weight is 297 g/mol. The normalized spacial score (nSPS) is 21.3. The molecule has 1 aliphatic carbocycles. The van der Waals surface area contributed by atoms with E-state index in [1.807, 2.05) is 0 Å². The van der Waals surface area contributed by atoms with Gasteiger partial charge in [0.1, 0.15) is 5.82 Å². The lowest BCUT2D eigenvalue weighted by Crippen LogP contribution is -2.37. The van der Waals surface area contributed by atoms with Gasteiger partial charge in [-0.05, 0) is 63.4 Å². The second-order valence-corrected chi connectivity index (χ2v) is 6.57. The number of nitrogens with one attached hydrogen (secondary N) is 1. The van der Waals surface area contributed by atoms with Crippen LogP contribution in [0.15, 0.2) is 18.2 Å². The van der Waals surface area contributed by atoms with E-state index in [9.17, 15) is 4.39 Å². The van der Waals surface area contributed by atoms with Crippen LogP contribution in [0.5, 0.6) is 0 Å². The van der Waals surface area contributed by atoms with Crippen LogP contribution in [-0.4, -0.2) is 30.6 Å². The average Bonchev–Trinajstić information content (AvgIpc) is 3.25. The van der Waals surface area contributed by atoms with Crippen molar-refractivity contribution in [1.82, 2.24) is 10.2 Å². The molecule has 2 nitrogen and oxygen atoms in total. The van der Waals surface area contributed by atoms with E-state index in [0.29, 0.717) is 11.6 Å². The lowest BCUT2D eigenvalue weighted by atomic mass is 9.96. The van der Waals surface area contributed by atoms with Gasteiger partial charge in [-0.25, -0.2) is 4.39 Å². The molecule has 0 unspecified atom stereocenters. The van der Waals surface area contributed by atoms with Gasteiger partial charge < -0.3 is 5.32 Å². The molecule has 110 valence electrons. The molecule has 2 fully saturated rings. The van der Waals surface area contributed by atoms with Crippen LogP contribution in [0.2, 0.25) is 5.02 Å². The molecule has 1 aliphatic heterocycles. The van der Waals surface area contributed by atoms with E-state index in [1.54, 1.807) is 12.1 Å². The minimum atomic E-state index is -0.185. The molecule has 1 aromatic carbocycles. The van der Waals surface area contributed by atoms with Crippen LogP contribution in [0.25, 0.3) is 0 Å². The van der Waals surface area contributed by atoms with Crippen molar-refractivity contribution in [3.63, 3.8) is 0 Å². The Bertz CT molecular complexity index is 454. The van der Waals surface area contributed by atoms with Gasteiger partial charge in [0.25, 0.3) is 0 Å². The molecule has 20 heavy (non-hydrogen) atoms. The maximum Gasteiger partial charge on any atom is 0.129 e. The first-order valence-corrected chi connectivity index (χ1v) is 7.98. The second-order valence-electron chi connectivity index (χ2n) is 6.14. The van der Waals surface area contributed by atoms with Crippen molar-refractivity contribution < 1.29 is 4.39 Å². The molecular weight excluding hydrogens is 275 g/mol. The summed E-state index contributed by atoms with van der Waals surface area (Å²) in [5.74, 6) is 0.608. The SMILES string of the molecule is Fc1cc(Cl)ccc1CN1CCC(CNC2CC2)CC1. The monoisotopic (exact) mass is 296 g/mol. The smallest absolute Gasteiger partial charge is 0.129 e. The highest BCUT2D eigenvalue weighted by Crippen LogP contribution is 2.23. The van der Waals surface area contributed by atoms with Crippen LogP contribution >= 0.6 is 11.6 Å². The Balaban J connectivity index is 1.45. The Morgan fingerprint density at radius 2 is 1.95 bits per heavy atom. The summed E-state index contributed by atoms with van der Waals surface area (Å²) in [7, 11) is 0. The lowest BCUT2D eigenvalue weighted by molar-refractivity contribution is 0.173. The molecule has 0 spiro atoms. The maximum atomic E-state index is 13.8. The molecule has 0 aromatic heterocycles. The molecular formula is C16H22ClFN2. The molecule has 3 rings (SSSR count). The first-order valence-electron chi connectivity index (χ1n) is 7.60. The predicted octanol–water partition coefficient (Wildman–Crippen LogP) is 3.44. The maximum absolute atomic E-state index is 13.8. The van der Waals surface area contributed by atoms with Crippen LogP contribution in [0.1, 0.15) is 31.2 Å². The summed E-state index contributed by atoms with van der Waals surface area (Å²) in [6.45, 7) is 4.00.